The zero-order valence-electron chi connectivity index (χ0n) is 27.6. The van der Waals surface area contributed by atoms with Gasteiger partial charge in [0.1, 0.15) is 42.7 Å². The summed E-state index contributed by atoms with van der Waals surface area (Å²) in [7, 11) is 1.55. The molecule has 0 bridgehead atoms. The topological polar surface area (TPSA) is 100 Å². The molecule has 4 aromatic carbocycles. The number of nitrogens with one attached hydrogen (secondary N) is 2. The van der Waals surface area contributed by atoms with Gasteiger partial charge in [-0.25, -0.2) is 13.6 Å². The molecule has 8 nitrogen and oxygen atoms in total. The van der Waals surface area contributed by atoms with Crippen LogP contribution in [0.3, 0.4) is 0 Å². The Bertz CT molecular complexity index is 1830. The number of anilines is 1. The summed E-state index contributed by atoms with van der Waals surface area (Å²) in [6, 6.07) is 16.8. The van der Waals surface area contributed by atoms with Crippen LogP contribution in [-0.2, 0) is 11.2 Å². The van der Waals surface area contributed by atoms with E-state index in [-0.39, 0.29) is 17.7 Å². The molecule has 50 heavy (non-hydrogen) atoms. The Kier molecular flexibility index (Phi) is 11.5. The van der Waals surface area contributed by atoms with E-state index in [9.17, 15) is 36.6 Å². The van der Waals surface area contributed by atoms with Crippen LogP contribution < -0.4 is 20.1 Å². The third-order valence-corrected chi connectivity index (χ3v) is 8.64. The van der Waals surface area contributed by atoms with E-state index < -0.39 is 48.2 Å². The average Bonchev–Trinajstić information content (AvgIpc) is 3.06. The number of carboxylic acid groups (broad SMARTS) is 1. The number of rotatable bonds is 13. The lowest BCUT2D eigenvalue weighted by atomic mass is 9.92. The van der Waals surface area contributed by atoms with Crippen molar-refractivity contribution in [1.29, 1.82) is 0 Å². The van der Waals surface area contributed by atoms with Crippen LogP contribution in [0.15, 0.2) is 66.7 Å². The van der Waals surface area contributed by atoms with Crippen LogP contribution in [0.2, 0.25) is 0 Å². The first-order valence-corrected chi connectivity index (χ1v) is 16.2. The van der Waals surface area contributed by atoms with Gasteiger partial charge in [0.15, 0.2) is 0 Å². The summed E-state index contributed by atoms with van der Waals surface area (Å²) in [5.41, 5.74) is 1.42. The molecular weight excluding hydrogens is 661 g/mol. The molecule has 1 aliphatic heterocycles. The van der Waals surface area contributed by atoms with Gasteiger partial charge in [-0.15, -0.1) is 0 Å². The van der Waals surface area contributed by atoms with Crippen molar-refractivity contribution >= 4 is 28.3 Å². The van der Waals surface area contributed by atoms with E-state index >= 15 is 0 Å². The normalized spacial score (nSPS) is 15.8. The molecule has 0 aromatic heterocycles. The molecular formula is C37H38F5N3O5. The van der Waals surface area contributed by atoms with E-state index in [1.165, 1.54) is 13.0 Å². The largest absolute Gasteiger partial charge is 0.496 e. The molecule has 1 heterocycles. The van der Waals surface area contributed by atoms with E-state index in [4.69, 9.17) is 9.47 Å². The van der Waals surface area contributed by atoms with E-state index in [0.29, 0.717) is 54.1 Å². The van der Waals surface area contributed by atoms with Gasteiger partial charge in [-0.05, 0) is 78.0 Å². The first kappa shape index (κ1) is 36.4. The number of methoxy groups -OCH3 is 1. The second kappa shape index (κ2) is 15.8. The van der Waals surface area contributed by atoms with Crippen LogP contribution in [0.4, 0.5) is 27.6 Å². The molecule has 0 spiro atoms. The number of piperidine rings is 1. The van der Waals surface area contributed by atoms with Crippen molar-refractivity contribution in [2.45, 2.75) is 44.6 Å². The van der Waals surface area contributed by atoms with Crippen molar-refractivity contribution < 1.29 is 46.1 Å². The number of aryl methyl sites for hydroxylation is 1. The smallest absolute Gasteiger partial charge is 0.405 e. The number of fused-ring (bicyclic) bond motifs is 1. The zero-order valence-corrected chi connectivity index (χ0v) is 27.6. The molecule has 4 aromatic rings. The average molecular weight is 700 g/mol. The van der Waals surface area contributed by atoms with Gasteiger partial charge in [0.2, 0.25) is 0 Å². The van der Waals surface area contributed by atoms with Crippen molar-refractivity contribution in [3.63, 3.8) is 0 Å². The molecule has 5 rings (SSSR count). The minimum atomic E-state index is -4.53. The number of carbonyl (C=O) groups is 2. The number of alkyl halides is 4. The minimum Gasteiger partial charge on any atom is -0.496 e. The zero-order chi connectivity index (χ0) is 36.0. The summed E-state index contributed by atoms with van der Waals surface area (Å²) in [5, 5.41) is 16.0. The quantitative estimate of drug-likeness (QED) is 0.127. The number of halogens is 5. The highest BCUT2D eigenvalue weighted by molar-refractivity contribution is 6.02. The van der Waals surface area contributed by atoms with E-state index in [1.54, 1.807) is 25.3 Å². The number of benzene rings is 4. The fourth-order valence-corrected chi connectivity index (χ4v) is 6.31. The van der Waals surface area contributed by atoms with Gasteiger partial charge in [0, 0.05) is 25.2 Å². The van der Waals surface area contributed by atoms with Crippen LogP contribution in [0, 0.1) is 12.7 Å². The van der Waals surface area contributed by atoms with Crippen molar-refractivity contribution in [1.82, 2.24) is 10.2 Å². The first-order chi connectivity index (χ1) is 23.8. The Labute approximate surface area is 286 Å². The number of aliphatic carboxylic acids is 1. The maximum Gasteiger partial charge on any atom is 0.405 e. The van der Waals surface area contributed by atoms with Gasteiger partial charge in [0.25, 0.3) is 5.91 Å². The van der Waals surface area contributed by atoms with Crippen molar-refractivity contribution in [2.24, 2.45) is 0 Å². The number of amides is 1. The summed E-state index contributed by atoms with van der Waals surface area (Å²) in [6.45, 7) is 2.03. The van der Waals surface area contributed by atoms with Crippen LogP contribution >= 0.6 is 0 Å². The lowest BCUT2D eigenvalue weighted by Crippen LogP contribution is -2.42. The second-order valence-corrected chi connectivity index (χ2v) is 12.2. The van der Waals surface area contributed by atoms with Gasteiger partial charge in [-0.3, -0.25) is 9.69 Å². The number of hydrogen-bond donors (Lipinski definition) is 3. The van der Waals surface area contributed by atoms with Crippen molar-refractivity contribution in [2.75, 3.05) is 45.2 Å². The van der Waals surface area contributed by atoms with Crippen molar-refractivity contribution in [3.05, 3.63) is 89.2 Å². The number of carboxylic acids is 1. The minimum absolute atomic E-state index is 0.0310. The Hall–Kier alpha value is -4.91. The summed E-state index contributed by atoms with van der Waals surface area (Å²) in [4.78, 5) is 27.6. The highest BCUT2D eigenvalue weighted by Crippen LogP contribution is 2.42. The lowest BCUT2D eigenvalue weighted by molar-refractivity contribution is -0.139. The fourth-order valence-electron chi connectivity index (χ4n) is 6.31. The van der Waals surface area contributed by atoms with Gasteiger partial charge in [-0.2, -0.15) is 13.2 Å². The second-order valence-electron chi connectivity index (χ2n) is 12.2. The van der Waals surface area contributed by atoms with Gasteiger partial charge in [-0.1, -0.05) is 42.5 Å². The van der Waals surface area contributed by atoms with Crippen LogP contribution in [-0.4, -0.2) is 80.2 Å². The third-order valence-electron chi connectivity index (χ3n) is 8.64. The highest BCUT2D eigenvalue weighted by atomic mass is 19.4. The molecule has 0 radical (unpaired) electrons. The fraction of sp³-hybridized carbons (Fsp3) is 0.351. The Morgan fingerprint density at radius 1 is 1.04 bits per heavy atom. The van der Waals surface area contributed by atoms with Crippen molar-refractivity contribution in [3.8, 4) is 22.6 Å². The molecule has 0 saturated carbocycles. The van der Waals surface area contributed by atoms with Crippen LogP contribution in [0.5, 0.6) is 11.5 Å². The summed E-state index contributed by atoms with van der Waals surface area (Å²) < 4.78 is 78.7. The number of ether oxygens (including phenoxy) is 2. The summed E-state index contributed by atoms with van der Waals surface area (Å²) in [6.07, 6.45) is -4.17. The molecule has 1 saturated heterocycles. The molecule has 266 valence electrons. The highest BCUT2D eigenvalue weighted by Gasteiger charge is 2.28. The van der Waals surface area contributed by atoms with Gasteiger partial charge >= 0.3 is 12.1 Å². The molecule has 13 heteroatoms. The van der Waals surface area contributed by atoms with E-state index in [0.717, 1.165) is 30.0 Å². The summed E-state index contributed by atoms with van der Waals surface area (Å²) in [5.74, 6) is -2.36. The van der Waals surface area contributed by atoms with E-state index in [1.807, 2.05) is 41.3 Å². The third kappa shape index (κ3) is 8.81. The Morgan fingerprint density at radius 2 is 1.76 bits per heavy atom. The molecule has 0 aliphatic carbocycles. The summed E-state index contributed by atoms with van der Waals surface area (Å²) >= 11 is 0. The number of hydrogen-bond acceptors (Lipinski definition) is 6. The predicted molar refractivity (Wildman–Crippen MR) is 180 cm³/mol. The van der Waals surface area contributed by atoms with Gasteiger partial charge in [0.05, 0.1) is 18.2 Å². The maximum atomic E-state index is 15.0. The number of nitrogens with zero attached hydrogens (tertiary/aromatic N) is 1. The Morgan fingerprint density at radius 3 is 2.46 bits per heavy atom. The van der Waals surface area contributed by atoms with E-state index in [2.05, 4.69) is 10.6 Å². The SMILES string of the molecule is COc1cccc(OCCN2CCC[C@H](F)C2)c1-c1cccc2c(C[C@H](NC(=O)c3c(C)cc(NCC(F)(F)F)cc3F)C(=O)O)cccc12. The van der Waals surface area contributed by atoms with Crippen LogP contribution in [0.25, 0.3) is 21.9 Å². The molecule has 1 amide bonds. The molecule has 0 unspecified atom stereocenters. The van der Waals surface area contributed by atoms with Gasteiger partial charge < -0.3 is 25.2 Å². The Balaban J connectivity index is 1.39. The standard InChI is InChI=1S/C37H38F5N3O5/c1-22-17-25(43-21-37(40,41)42)19-29(39)33(22)35(46)44-30(36(47)48)18-23-7-3-10-27-26(23)9-4-11-28(27)34-31(49-2)12-5-13-32(34)50-16-15-45-14-6-8-24(38)20-45/h3-5,7,9-13,17,19,24,30,43H,6,8,14-16,18,20-21H2,1-2H3,(H,44,46)(H,47,48)/t24-,30-/m0/s1. The molecule has 2 atom stereocenters. The number of likely N-dealkylation sites (tertiary alicyclic amines) is 1. The molecule has 1 aliphatic rings. The monoisotopic (exact) mass is 699 g/mol. The predicted octanol–water partition coefficient (Wildman–Crippen LogP) is 7.18. The maximum absolute atomic E-state index is 15.0. The lowest BCUT2D eigenvalue weighted by Gasteiger charge is -2.28. The number of carbonyl (C=O) groups excluding carboxylic acids is 1. The molecule has 1 fully saturated rings. The molecule has 3 N–H and O–H groups in total. The van der Waals surface area contributed by atoms with Crippen LogP contribution in [0.1, 0.15) is 34.3 Å². The first-order valence-electron chi connectivity index (χ1n) is 16.2.